The van der Waals surface area contributed by atoms with Gasteiger partial charge in [0.1, 0.15) is 5.82 Å². The Kier molecular flexibility index (Phi) is 5.87. The van der Waals surface area contributed by atoms with Gasteiger partial charge in [-0.05, 0) is 18.4 Å². The fourth-order valence-electron chi connectivity index (χ4n) is 3.04. The molecular weight excluding hydrogens is 310 g/mol. The molecule has 5 nitrogen and oxygen atoms in total. The van der Waals surface area contributed by atoms with Crippen LogP contribution in [0.5, 0.6) is 0 Å². The van der Waals surface area contributed by atoms with Crippen molar-refractivity contribution in [2.24, 2.45) is 5.92 Å². The van der Waals surface area contributed by atoms with E-state index in [1.807, 2.05) is 13.0 Å². The van der Waals surface area contributed by atoms with Gasteiger partial charge in [-0.1, -0.05) is 44.2 Å². The molecule has 0 amide bonds. The second-order valence-electron chi connectivity index (χ2n) is 7.22. The van der Waals surface area contributed by atoms with Crippen molar-refractivity contribution >= 4 is 11.8 Å². The molecule has 2 aromatic rings. The average molecular weight is 339 g/mol. The van der Waals surface area contributed by atoms with E-state index in [1.165, 1.54) is 5.56 Å². The molecule has 1 aliphatic heterocycles. The van der Waals surface area contributed by atoms with E-state index in [0.717, 1.165) is 56.7 Å². The molecule has 1 saturated heterocycles. The lowest BCUT2D eigenvalue weighted by molar-refractivity contribution is 0.248. The van der Waals surface area contributed by atoms with Crippen LogP contribution in [0.2, 0.25) is 0 Å². The zero-order chi connectivity index (χ0) is 17.6. The summed E-state index contributed by atoms with van der Waals surface area (Å²) in [6.45, 7) is 12.4. The maximum Gasteiger partial charge on any atom is 0.227 e. The molecule has 5 heteroatoms. The molecule has 1 aromatic carbocycles. The Hall–Kier alpha value is -2.14. The van der Waals surface area contributed by atoms with Gasteiger partial charge in [0.2, 0.25) is 5.95 Å². The maximum absolute atomic E-state index is 4.72. The van der Waals surface area contributed by atoms with E-state index in [2.05, 4.69) is 64.3 Å². The SMILES string of the molecule is Cc1cc(NCC(C)C)nc(N2CCN(Cc3ccccc3)CC2)n1. The number of aromatic nitrogens is 2. The highest BCUT2D eigenvalue weighted by Gasteiger charge is 2.19. The lowest BCUT2D eigenvalue weighted by Gasteiger charge is -2.35. The molecule has 0 aliphatic carbocycles. The molecule has 2 heterocycles. The Morgan fingerprint density at radius 3 is 2.44 bits per heavy atom. The van der Waals surface area contributed by atoms with Crippen LogP contribution in [0, 0.1) is 12.8 Å². The van der Waals surface area contributed by atoms with E-state index in [-0.39, 0.29) is 0 Å². The topological polar surface area (TPSA) is 44.3 Å². The van der Waals surface area contributed by atoms with Crippen LogP contribution in [-0.4, -0.2) is 47.6 Å². The van der Waals surface area contributed by atoms with Crippen LogP contribution in [-0.2, 0) is 6.54 Å². The third-order valence-corrected chi connectivity index (χ3v) is 4.44. The predicted molar refractivity (Wildman–Crippen MR) is 104 cm³/mol. The van der Waals surface area contributed by atoms with Crippen molar-refractivity contribution < 1.29 is 0 Å². The van der Waals surface area contributed by atoms with E-state index >= 15 is 0 Å². The van der Waals surface area contributed by atoms with Crippen molar-refractivity contribution in [1.29, 1.82) is 0 Å². The number of nitrogens with one attached hydrogen (secondary N) is 1. The highest BCUT2D eigenvalue weighted by molar-refractivity contribution is 5.44. The fourth-order valence-corrected chi connectivity index (χ4v) is 3.04. The van der Waals surface area contributed by atoms with Gasteiger partial charge in [0.05, 0.1) is 0 Å². The Labute approximate surface area is 151 Å². The minimum atomic E-state index is 0.597. The van der Waals surface area contributed by atoms with Gasteiger partial charge < -0.3 is 10.2 Å². The first-order valence-corrected chi connectivity index (χ1v) is 9.21. The number of piperazine rings is 1. The summed E-state index contributed by atoms with van der Waals surface area (Å²) in [5.41, 5.74) is 2.39. The predicted octanol–water partition coefficient (Wildman–Crippen LogP) is 3.18. The van der Waals surface area contributed by atoms with Gasteiger partial charge in [0.15, 0.2) is 0 Å². The summed E-state index contributed by atoms with van der Waals surface area (Å²) >= 11 is 0. The van der Waals surface area contributed by atoms with E-state index in [9.17, 15) is 0 Å². The second kappa shape index (κ2) is 8.30. The Balaban J connectivity index is 1.58. The summed E-state index contributed by atoms with van der Waals surface area (Å²) in [5, 5.41) is 3.42. The van der Waals surface area contributed by atoms with Gasteiger partial charge in [-0.3, -0.25) is 4.90 Å². The molecule has 0 radical (unpaired) electrons. The minimum Gasteiger partial charge on any atom is -0.370 e. The summed E-state index contributed by atoms with van der Waals surface area (Å²) in [6, 6.07) is 12.7. The molecule has 3 rings (SSSR count). The molecule has 134 valence electrons. The average Bonchev–Trinajstić information content (AvgIpc) is 2.61. The normalized spacial score (nSPS) is 15.6. The first-order chi connectivity index (χ1) is 12.1. The minimum absolute atomic E-state index is 0.597. The number of nitrogens with zero attached hydrogens (tertiary/aromatic N) is 4. The zero-order valence-electron chi connectivity index (χ0n) is 15.6. The van der Waals surface area contributed by atoms with Crippen LogP contribution in [0.3, 0.4) is 0 Å². The molecular formula is C20H29N5. The number of hydrogen-bond acceptors (Lipinski definition) is 5. The summed E-state index contributed by atoms with van der Waals surface area (Å²) in [6.07, 6.45) is 0. The summed E-state index contributed by atoms with van der Waals surface area (Å²) in [5.74, 6) is 2.38. The van der Waals surface area contributed by atoms with E-state index in [1.54, 1.807) is 0 Å². The smallest absolute Gasteiger partial charge is 0.227 e. The summed E-state index contributed by atoms with van der Waals surface area (Å²) < 4.78 is 0. The zero-order valence-corrected chi connectivity index (χ0v) is 15.6. The first-order valence-electron chi connectivity index (χ1n) is 9.21. The third-order valence-electron chi connectivity index (χ3n) is 4.44. The molecule has 0 bridgehead atoms. The second-order valence-corrected chi connectivity index (χ2v) is 7.22. The number of benzene rings is 1. The lowest BCUT2D eigenvalue weighted by Crippen LogP contribution is -2.46. The van der Waals surface area contributed by atoms with Crippen molar-refractivity contribution in [2.45, 2.75) is 27.3 Å². The molecule has 0 spiro atoms. The molecule has 1 fully saturated rings. The highest BCUT2D eigenvalue weighted by Crippen LogP contribution is 2.17. The summed E-state index contributed by atoms with van der Waals surface area (Å²) in [7, 11) is 0. The van der Waals surface area contributed by atoms with Gasteiger partial charge in [0, 0.05) is 51.0 Å². The quantitative estimate of drug-likeness (QED) is 0.876. The van der Waals surface area contributed by atoms with Gasteiger partial charge in [-0.25, -0.2) is 4.98 Å². The lowest BCUT2D eigenvalue weighted by atomic mass is 10.2. The number of anilines is 2. The molecule has 25 heavy (non-hydrogen) atoms. The van der Waals surface area contributed by atoms with Crippen molar-refractivity contribution in [2.75, 3.05) is 42.9 Å². The van der Waals surface area contributed by atoms with E-state index < -0.39 is 0 Å². The van der Waals surface area contributed by atoms with Crippen LogP contribution < -0.4 is 10.2 Å². The van der Waals surface area contributed by atoms with Crippen LogP contribution >= 0.6 is 0 Å². The Bertz CT molecular complexity index is 663. The van der Waals surface area contributed by atoms with Gasteiger partial charge >= 0.3 is 0 Å². The van der Waals surface area contributed by atoms with Crippen molar-refractivity contribution in [3.05, 3.63) is 47.7 Å². The van der Waals surface area contributed by atoms with Gasteiger partial charge in [-0.2, -0.15) is 4.98 Å². The Morgan fingerprint density at radius 2 is 1.76 bits per heavy atom. The van der Waals surface area contributed by atoms with Crippen LogP contribution in [0.1, 0.15) is 25.1 Å². The highest BCUT2D eigenvalue weighted by atomic mass is 15.3. The largest absolute Gasteiger partial charge is 0.370 e. The molecule has 1 aliphatic rings. The molecule has 0 atom stereocenters. The van der Waals surface area contributed by atoms with E-state index in [0.29, 0.717) is 5.92 Å². The van der Waals surface area contributed by atoms with E-state index in [4.69, 9.17) is 4.98 Å². The van der Waals surface area contributed by atoms with Crippen molar-refractivity contribution in [3.63, 3.8) is 0 Å². The van der Waals surface area contributed by atoms with Gasteiger partial charge in [0.25, 0.3) is 0 Å². The maximum atomic E-state index is 4.72. The first kappa shape index (κ1) is 17.7. The van der Waals surface area contributed by atoms with Crippen molar-refractivity contribution in [1.82, 2.24) is 14.9 Å². The van der Waals surface area contributed by atoms with Crippen LogP contribution in [0.15, 0.2) is 36.4 Å². The van der Waals surface area contributed by atoms with Crippen LogP contribution in [0.4, 0.5) is 11.8 Å². The molecule has 1 aromatic heterocycles. The number of hydrogen-bond donors (Lipinski definition) is 1. The number of aryl methyl sites for hydroxylation is 1. The number of rotatable bonds is 6. The Morgan fingerprint density at radius 1 is 1.04 bits per heavy atom. The molecule has 0 unspecified atom stereocenters. The van der Waals surface area contributed by atoms with Crippen LogP contribution in [0.25, 0.3) is 0 Å². The standard InChI is InChI=1S/C20H29N5/c1-16(2)14-21-19-13-17(3)22-20(23-19)25-11-9-24(10-12-25)15-18-7-5-4-6-8-18/h4-8,13,16H,9-12,14-15H2,1-3H3,(H,21,22,23). The van der Waals surface area contributed by atoms with Gasteiger partial charge in [-0.15, -0.1) is 0 Å². The van der Waals surface area contributed by atoms with Crippen molar-refractivity contribution in [3.8, 4) is 0 Å². The monoisotopic (exact) mass is 339 g/mol. The molecule has 0 saturated carbocycles. The molecule has 1 N–H and O–H groups in total. The fraction of sp³-hybridized carbons (Fsp3) is 0.500. The summed E-state index contributed by atoms with van der Waals surface area (Å²) in [4.78, 5) is 14.2. The third kappa shape index (κ3) is 5.16.